The van der Waals surface area contributed by atoms with E-state index in [1.165, 1.54) is 11.1 Å². The Kier molecular flexibility index (Phi) is 4.52. The average molecular weight is 383 g/mol. The molecule has 3 aromatic rings. The lowest BCUT2D eigenvalue weighted by atomic mass is 10.2. The highest BCUT2D eigenvalue weighted by Gasteiger charge is 2.27. The van der Waals surface area contributed by atoms with Crippen molar-refractivity contribution in [2.24, 2.45) is 0 Å². The Morgan fingerprint density at radius 2 is 1.92 bits per heavy atom. The van der Waals surface area contributed by atoms with Gasteiger partial charge in [-0.25, -0.2) is 0 Å². The summed E-state index contributed by atoms with van der Waals surface area (Å²) in [4.78, 5) is 2.38. The second-order valence-electron chi connectivity index (χ2n) is 6.01. The van der Waals surface area contributed by atoms with Gasteiger partial charge in [0.05, 0.1) is 6.61 Å². The van der Waals surface area contributed by atoms with Gasteiger partial charge >= 0.3 is 0 Å². The van der Waals surface area contributed by atoms with Crippen LogP contribution in [0, 0.1) is 0 Å². The molecule has 122 valence electrons. The number of halogens is 1. The number of aromatic nitrogens is 1. The van der Waals surface area contributed by atoms with Crippen molar-refractivity contribution < 1.29 is 4.74 Å². The maximum atomic E-state index is 6.00. The second kappa shape index (κ2) is 6.93. The van der Waals surface area contributed by atoms with Crippen LogP contribution >= 0.6 is 15.9 Å². The van der Waals surface area contributed by atoms with Crippen LogP contribution in [0.1, 0.15) is 17.4 Å². The molecular formula is C20H19BrN2O. The lowest BCUT2D eigenvalue weighted by molar-refractivity contribution is 0.0288. The first-order chi connectivity index (χ1) is 11.8. The Balaban J connectivity index is 1.55. The molecule has 0 unspecified atom stereocenters. The lowest BCUT2D eigenvalue weighted by Crippen LogP contribution is -2.23. The van der Waals surface area contributed by atoms with E-state index in [9.17, 15) is 0 Å². The quantitative estimate of drug-likeness (QED) is 0.646. The van der Waals surface area contributed by atoms with Gasteiger partial charge in [-0.2, -0.15) is 0 Å². The van der Waals surface area contributed by atoms with Gasteiger partial charge in [0.15, 0.2) is 0 Å². The molecular weight excluding hydrogens is 364 g/mol. The minimum atomic E-state index is 0.0265. The normalized spacial score (nSPS) is 18.1. The van der Waals surface area contributed by atoms with Gasteiger partial charge in [0.25, 0.3) is 0 Å². The molecule has 0 spiro atoms. The van der Waals surface area contributed by atoms with Crippen LogP contribution in [-0.2, 0) is 11.3 Å². The Bertz CT molecular complexity index is 815. The lowest BCUT2D eigenvalue weighted by Gasteiger charge is -2.22. The molecule has 24 heavy (non-hydrogen) atoms. The molecule has 0 N–H and O–H groups in total. The Hall–Kier alpha value is -1.88. The predicted octanol–water partition coefficient (Wildman–Crippen LogP) is 4.77. The first-order valence-electron chi connectivity index (χ1n) is 8.13. The van der Waals surface area contributed by atoms with Gasteiger partial charge in [0.1, 0.15) is 6.23 Å². The van der Waals surface area contributed by atoms with E-state index in [-0.39, 0.29) is 6.23 Å². The van der Waals surface area contributed by atoms with Crippen LogP contribution < -0.4 is 0 Å². The summed E-state index contributed by atoms with van der Waals surface area (Å²) in [7, 11) is 0. The molecule has 1 aliphatic heterocycles. The highest BCUT2D eigenvalue weighted by Crippen LogP contribution is 2.29. The van der Waals surface area contributed by atoms with Crippen molar-refractivity contribution in [2.75, 3.05) is 13.2 Å². The zero-order chi connectivity index (χ0) is 16.4. The van der Waals surface area contributed by atoms with Gasteiger partial charge < -0.3 is 9.30 Å². The minimum Gasteiger partial charge on any atom is -0.357 e. The van der Waals surface area contributed by atoms with E-state index in [0.717, 1.165) is 29.9 Å². The topological polar surface area (TPSA) is 17.4 Å². The van der Waals surface area contributed by atoms with Gasteiger partial charge in [0, 0.05) is 41.2 Å². The molecule has 2 heterocycles. The zero-order valence-corrected chi connectivity index (χ0v) is 14.9. The Morgan fingerprint density at radius 1 is 1.04 bits per heavy atom. The van der Waals surface area contributed by atoms with Gasteiger partial charge in [-0.05, 0) is 29.8 Å². The average Bonchev–Trinajstić information content (AvgIpc) is 3.25. The number of ether oxygens (including phenoxy) is 1. The van der Waals surface area contributed by atoms with Gasteiger partial charge in [-0.15, -0.1) is 0 Å². The third-order valence-corrected chi connectivity index (χ3v) is 4.81. The van der Waals surface area contributed by atoms with E-state index in [4.69, 9.17) is 4.74 Å². The van der Waals surface area contributed by atoms with Crippen LogP contribution in [0.4, 0.5) is 0 Å². The standard InChI is InChI=1S/C20H19BrN2O/c21-18-7-4-8-19(13-18)22-10-9-17(15-22)20-23(11-12-24-20)14-16-5-2-1-3-6-16/h1-10,13,15,20H,11-12,14H2/t20-/m0/s1. The van der Waals surface area contributed by atoms with Crippen LogP contribution in [-0.4, -0.2) is 22.6 Å². The number of rotatable bonds is 4. The molecule has 0 saturated carbocycles. The fraction of sp³-hybridized carbons (Fsp3) is 0.200. The van der Waals surface area contributed by atoms with Crippen LogP contribution in [0.3, 0.4) is 0 Å². The van der Waals surface area contributed by atoms with Crippen LogP contribution in [0.5, 0.6) is 0 Å². The molecule has 1 fully saturated rings. The van der Waals surface area contributed by atoms with Crippen molar-refractivity contribution in [1.82, 2.24) is 9.47 Å². The predicted molar refractivity (Wildman–Crippen MR) is 99.0 cm³/mol. The molecule has 1 aliphatic rings. The minimum absolute atomic E-state index is 0.0265. The summed E-state index contributed by atoms with van der Waals surface area (Å²) in [6, 6.07) is 21.0. The SMILES string of the molecule is Brc1cccc(-n2ccc([C@@H]3OCCN3Cc3ccccc3)c2)c1. The van der Waals surface area contributed by atoms with Gasteiger partial charge in [-0.3, -0.25) is 4.90 Å². The fourth-order valence-corrected chi connectivity index (χ4v) is 3.53. The first-order valence-corrected chi connectivity index (χ1v) is 8.92. The van der Waals surface area contributed by atoms with Crippen molar-refractivity contribution in [3.8, 4) is 5.69 Å². The van der Waals surface area contributed by atoms with Crippen molar-refractivity contribution >= 4 is 15.9 Å². The molecule has 0 radical (unpaired) electrons. The van der Waals surface area contributed by atoms with Crippen molar-refractivity contribution in [1.29, 1.82) is 0 Å². The van der Waals surface area contributed by atoms with E-state index in [1.54, 1.807) is 0 Å². The fourth-order valence-electron chi connectivity index (χ4n) is 3.15. The summed E-state index contributed by atoms with van der Waals surface area (Å²) in [6.45, 7) is 2.65. The van der Waals surface area contributed by atoms with E-state index in [1.807, 2.05) is 12.1 Å². The second-order valence-corrected chi connectivity index (χ2v) is 6.93. The summed E-state index contributed by atoms with van der Waals surface area (Å²) in [5, 5.41) is 0. The van der Waals surface area contributed by atoms with Crippen molar-refractivity contribution in [3.05, 3.63) is 88.7 Å². The first kappa shape index (κ1) is 15.6. The maximum Gasteiger partial charge on any atom is 0.138 e. The molecule has 4 rings (SSSR count). The smallest absolute Gasteiger partial charge is 0.138 e. The Labute approximate surface area is 150 Å². The summed E-state index contributed by atoms with van der Waals surface area (Å²) in [5.74, 6) is 0. The number of hydrogen-bond acceptors (Lipinski definition) is 2. The molecule has 0 amide bonds. The Morgan fingerprint density at radius 3 is 2.75 bits per heavy atom. The van der Waals surface area contributed by atoms with E-state index < -0.39 is 0 Å². The van der Waals surface area contributed by atoms with Crippen LogP contribution in [0.15, 0.2) is 77.5 Å². The highest BCUT2D eigenvalue weighted by molar-refractivity contribution is 9.10. The van der Waals surface area contributed by atoms with E-state index >= 15 is 0 Å². The van der Waals surface area contributed by atoms with E-state index in [0.29, 0.717) is 0 Å². The van der Waals surface area contributed by atoms with Crippen molar-refractivity contribution in [3.63, 3.8) is 0 Å². The zero-order valence-electron chi connectivity index (χ0n) is 13.3. The summed E-state index contributed by atoms with van der Waals surface area (Å²) >= 11 is 3.53. The third-order valence-electron chi connectivity index (χ3n) is 4.32. The van der Waals surface area contributed by atoms with Gasteiger partial charge in [-0.1, -0.05) is 52.3 Å². The van der Waals surface area contributed by atoms with Crippen molar-refractivity contribution in [2.45, 2.75) is 12.8 Å². The summed E-state index contributed by atoms with van der Waals surface area (Å²) in [5.41, 5.74) is 3.66. The van der Waals surface area contributed by atoms with Crippen LogP contribution in [0.25, 0.3) is 5.69 Å². The monoisotopic (exact) mass is 382 g/mol. The molecule has 4 heteroatoms. The summed E-state index contributed by atoms with van der Waals surface area (Å²) < 4.78 is 9.22. The number of benzene rings is 2. The number of hydrogen-bond donors (Lipinski definition) is 0. The molecule has 1 saturated heterocycles. The highest BCUT2D eigenvalue weighted by atomic mass is 79.9. The van der Waals surface area contributed by atoms with Gasteiger partial charge in [0.2, 0.25) is 0 Å². The molecule has 0 bridgehead atoms. The number of nitrogens with zero attached hydrogens (tertiary/aromatic N) is 2. The molecule has 3 nitrogen and oxygen atoms in total. The largest absolute Gasteiger partial charge is 0.357 e. The molecule has 2 aromatic carbocycles. The maximum absolute atomic E-state index is 6.00. The van der Waals surface area contributed by atoms with Crippen LogP contribution in [0.2, 0.25) is 0 Å². The summed E-state index contributed by atoms with van der Waals surface area (Å²) in [6.07, 6.45) is 4.29. The third kappa shape index (κ3) is 3.31. The molecule has 1 atom stereocenters. The molecule has 0 aliphatic carbocycles. The molecule has 1 aromatic heterocycles. The van der Waals surface area contributed by atoms with E-state index in [2.05, 4.69) is 86.3 Å².